The van der Waals surface area contributed by atoms with Gasteiger partial charge in [0.1, 0.15) is 0 Å². The van der Waals surface area contributed by atoms with Crippen LogP contribution < -0.4 is 0 Å². The highest BCUT2D eigenvalue weighted by molar-refractivity contribution is 9.09. The fraction of sp³-hybridized carbons (Fsp3) is 1.00. The van der Waals surface area contributed by atoms with Crippen molar-refractivity contribution in [3.05, 3.63) is 0 Å². The van der Waals surface area contributed by atoms with Gasteiger partial charge in [0.05, 0.1) is 6.10 Å². The van der Waals surface area contributed by atoms with E-state index in [1.807, 2.05) is 0 Å². The largest absolute Gasteiger partial charge is 0.377 e. The Morgan fingerprint density at radius 1 is 1.67 bits per heavy atom. The van der Waals surface area contributed by atoms with Gasteiger partial charge in [-0.3, -0.25) is 0 Å². The molecule has 54 valence electrons. The molecule has 0 aliphatic heterocycles. The summed E-state index contributed by atoms with van der Waals surface area (Å²) in [5.74, 6) is 0.865. The second kappa shape index (κ2) is 3.57. The van der Waals surface area contributed by atoms with Gasteiger partial charge >= 0.3 is 0 Å². The van der Waals surface area contributed by atoms with Gasteiger partial charge in [-0.05, 0) is 25.7 Å². The lowest BCUT2D eigenvalue weighted by molar-refractivity contribution is 0.0652. The van der Waals surface area contributed by atoms with Crippen molar-refractivity contribution in [3.63, 3.8) is 0 Å². The Morgan fingerprint density at radius 3 is 2.67 bits per heavy atom. The van der Waals surface area contributed by atoms with Gasteiger partial charge < -0.3 is 4.74 Å². The molecule has 0 spiro atoms. The Kier molecular flexibility index (Phi) is 2.99. The van der Waals surface area contributed by atoms with Crippen molar-refractivity contribution in [2.45, 2.75) is 25.9 Å². The molecule has 1 atom stereocenters. The summed E-state index contributed by atoms with van der Waals surface area (Å²) in [5, 5.41) is 1.01. The van der Waals surface area contributed by atoms with Gasteiger partial charge in [0.25, 0.3) is 0 Å². The number of rotatable bonds is 4. The highest BCUT2D eigenvalue weighted by Gasteiger charge is 2.30. The number of alkyl halides is 1. The van der Waals surface area contributed by atoms with Crippen molar-refractivity contribution < 1.29 is 4.74 Å². The molecule has 0 aromatic heterocycles. The topological polar surface area (TPSA) is 9.23 Å². The van der Waals surface area contributed by atoms with Crippen LogP contribution in [0.5, 0.6) is 0 Å². The molecule has 0 aromatic carbocycles. The Balaban J connectivity index is 2.12. The number of hydrogen-bond acceptors (Lipinski definition) is 1. The molecule has 1 saturated carbocycles. The van der Waals surface area contributed by atoms with Crippen LogP contribution in [0.4, 0.5) is 0 Å². The standard InChI is InChI=1S/C7H13BrO/c1-2-9-7(5-8)6-3-4-6/h6-7H,2-5H2,1H3. The monoisotopic (exact) mass is 192 g/mol. The normalized spacial score (nSPS) is 22.0. The first-order valence-electron chi connectivity index (χ1n) is 3.56. The summed E-state index contributed by atoms with van der Waals surface area (Å²) in [6.07, 6.45) is 3.24. The molecule has 0 saturated heterocycles. The van der Waals surface area contributed by atoms with Gasteiger partial charge in [0.15, 0.2) is 0 Å². The molecule has 0 bridgehead atoms. The molecule has 0 aromatic rings. The molecule has 0 radical (unpaired) electrons. The summed E-state index contributed by atoms with van der Waals surface area (Å²) < 4.78 is 5.47. The Hall–Kier alpha value is 0.440. The lowest BCUT2D eigenvalue weighted by Crippen LogP contribution is -2.16. The molecule has 1 aliphatic carbocycles. The lowest BCUT2D eigenvalue weighted by atomic mass is 10.3. The van der Waals surface area contributed by atoms with Crippen LogP contribution in [0.1, 0.15) is 19.8 Å². The molecule has 0 amide bonds. The average Bonchev–Trinajstić information content (AvgIpc) is 2.64. The number of ether oxygens (including phenoxy) is 1. The zero-order chi connectivity index (χ0) is 6.69. The zero-order valence-corrected chi connectivity index (χ0v) is 7.36. The smallest absolute Gasteiger partial charge is 0.0699 e. The molecule has 0 N–H and O–H groups in total. The van der Waals surface area contributed by atoms with Crippen molar-refractivity contribution in [1.29, 1.82) is 0 Å². The van der Waals surface area contributed by atoms with Crippen LogP contribution in [-0.4, -0.2) is 18.0 Å². The van der Waals surface area contributed by atoms with Crippen LogP contribution in [0.2, 0.25) is 0 Å². The van der Waals surface area contributed by atoms with Gasteiger partial charge in [0, 0.05) is 11.9 Å². The lowest BCUT2D eigenvalue weighted by Gasteiger charge is -2.11. The molecule has 1 unspecified atom stereocenters. The molecule has 1 nitrogen and oxygen atoms in total. The summed E-state index contributed by atoms with van der Waals surface area (Å²) >= 11 is 3.43. The van der Waals surface area contributed by atoms with Crippen LogP contribution in [-0.2, 0) is 4.74 Å². The first kappa shape index (κ1) is 7.55. The van der Waals surface area contributed by atoms with Gasteiger partial charge in [-0.25, -0.2) is 0 Å². The van der Waals surface area contributed by atoms with E-state index >= 15 is 0 Å². The van der Waals surface area contributed by atoms with Crippen LogP contribution in [0.25, 0.3) is 0 Å². The fourth-order valence-corrected chi connectivity index (χ4v) is 1.70. The van der Waals surface area contributed by atoms with Crippen LogP contribution >= 0.6 is 15.9 Å². The van der Waals surface area contributed by atoms with E-state index in [0.717, 1.165) is 17.9 Å². The molecule has 0 heterocycles. The number of hydrogen-bond donors (Lipinski definition) is 0. The van der Waals surface area contributed by atoms with Gasteiger partial charge in [-0.2, -0.15) is 0 Å². The minimum Gasteiger partial charge on any atom is -0.377 e. The highest BCUT2D eigenvalue weighted by Crippen LogP contribution is 2.34. The maximum Gasteiger partial charge on any atom is 0.0699 e. The van der Waals surface area contributed by atoms with E-state index in [1.54, 1.807) is 0 Å². The van der Waals surface area contributed by atoms with Crippen molar-refractivity contribution in [1.82, 2.24) is 0 Å². The summed E-state index contributed by atoms with van der Waals surface area (Å²) in [6, 6.07) is 0. The minimum atomic E-state index is 0.495. The van der Waals surface area contributed by atoms with Crippen molar-refractivity contribution in [2.24, 2.45) is 5.92 Å². The predicted octanol–water partition coefficient (Wildman–Crippen LogP) is 2.20. The quantitative estimate of drug-likeness (QED) is 0.622. The van der Waals surface area contributed by atoms with E-state index < -0.39 is 0 Å². The second-order valence-corrected chi connectivity index (χ2v) is 3.13. The molecule has 1 rings (SSSR count). The molecule has 9 heavy (non-hydrogen) atoms. The zero-order valence-electron chi connectivity index (χ0n) is 5.77. The third-order valence-corrected chi connectivity index (χ3v) is 2.32. The maximum atomic E-state index is 5.47. The molecular weight excluding hydrogens is 180 g/mol. The third kappa shape index (κ3) is 2.26. The van der Waals surface area contributed by atoms with E-state index in [-0.39, 0.29) is 0 Å². The van der Waals surface area contributed by atoms with Gasteiger partial charge in [-0.1, -0.05) is 15.9 Å². The summed E-state index contributed by atoms with van der Waals surface area (Å²) in [6.45, 7) is 2.91. The molecular formula is C7H13BrO. The van der Waals surface area contributed by atoms with Gasteiger partial charge in [-0.15, -0.1) is 0 Å². The van der Waals surface area contributed by atoms with Crippen LogP contribution in [0.15, 0.2) is 0 Å². The van der Waals surface area contributed by atoms with E-state index in [1.165, 1.54) is 12.8 Å². The van der Waals surface area contributed by atoms with Crippen molar-refractivity contribution in [3.8, 4) is 0 Å². The molecule has 1 aliphatic rings. The van der Waals surface area contributed by atoms with Crippen LogP contribution in [0, 0.1) is 5.92 Å². The number of halogens is 1. The average molecular weight is 193 g/mol. The second-order valence-electron chi connectivity index (χ2n) is 2.49. The minimum absolute atomic E-state index is 0.495. The first-order chi connectivity index (χ1) is 4.38. The molecule has 2 heteroatoms. The summed E-state index contributed by atoms with van der Waals surface area (Å²) in [5.41, 5.74) is 0. The Morgan fingerprint density at radius 2 is 2.33 bits per heavy atom. The summed E-state index contributed by atoms with van der Waals surface area (Å²) in [4.78, 5) is 0. The SMILES string of the molecule is CCOC(CBr)C1CC1. The van der Waals surface area contributed by atoms with Crippen molar-refractivity contribution >= 4 is 15.9 Å². The van der Waals surface area contributed by atoms with Crippen molar-refractivity contribution in [2.75, 3.05) is 11.9 Å². The van der Waals surface area contributed by atoms with E-state index in [0.29, 0.717) is 6.10 Å². The predicted molar refractivity (Wildman–Crippen MR) is 41.9 cm³/mol. The summed E-state index contributed by atoms with van der Waals surface area (Å²) in [7, 11) is 0. The van der Waals surface area contributed by atoms with E-state index in [9.17, 15) is 0 Å². The van der Waals surface area contributed by atoms with Crippen LogP contribution in [0.3, 0.4) is 0 Å². The Bertz CT molecular complexity index is 81.0. The third-order valence-electron chi connectivity index (χ3n) is 1.68. The Labute approximate surface area is 64.9 Å². The van der Waals surface area contributed by atoms with E-state index in [2.05, 4.69) is 22.9 Å². The van der Waals surface area contributed by atoms with Gasteiger partial charge in [0.2, 0.25) is 0 Å². The van der Waals surface area contributed by atoms with E-state index in [4.69, 9.17) is 4.74 Å². The highest BCUT2D eigenvalue weighted by atomic mass is 79.9. The first-order valence-corrected chi connectivity index (χ1v) is 4.68. The maximum absolute atomic E-state index is 5.47. The fourth-order valence-electron chi connectivity index (χ4n) is 0.989. The molecule has 1 fully saturated rings.